The summed E-state index contributed by atoms with van der Waals surface area (Å²) in [5.41, 5.74) is -0.378. The number of benzene rings is 1. The van der Waals surface area contributed by atoms with Crippen LogP contribution in [0.15, 0.2) is 18.2 Å². The number of phenolic OH excluding ortho intramolecular Hbond substituents is 1. The minimum absolute atomic E-state index is 0.115. The van der Waals surface area contributed by atoms with Crippen molar-refractivity contribution in [2.75, 3.05) is 7.11 Å². The summed E-state index contributed by atoms with van der Waals surface area (Å²) < 4.78 is 41.0. The first-order valence-electron chi connectivity index (χ1n) is 3.98. The molecule has 0 heterocycles. The average molecular weight is 222 g/mol. The number of rotatable bonds is 2. The second kappa shape index (κ2) is 3.98. The van der Waals surface area contributed by atoms with Crippen molar-refractivity contribution < 1.29 is 28.1 Å². The molecule has 84 valence electrons. The van der Waals surface area contributed by atoms with E-state index in [0.29, 0.717) is 0 Å². The number of ether oxygens (including phenoxy) is 1. The van der Waals surface area contributed by atoms with Crippen molar-refractivity contribution >= 4 is 0 Å². The van der Waals surface area contributed by atoms with E-state index in [1.807, 2.05) is 0 Å². The van der Waals surface area contributed by atoms with Crippen LogP contribution in [0.5, 0.6) is 11.5 Å². The van der Waals surface area contributed by atoms with Crippen molar-refractivity contribution in [2.45, 2.75) is 12.3 Å². The molecule has 0 spiro atoms. The third-order valence-corrected chi connectivity index (χ3v) is 1.83. The number of methoxy groups -OCH3 is 1. The number of aliphatic hydroxyl groups is 1. The molecular weight excluding hydrogens is 213 g/mol. The summed E-state index contributed by atoms with van der Waals surface area (Å²) in [6, 6.07) is 2.95. The van der Waals surface area contributed by atoms with Gasteiger partial charge in [-0.2, -0.15) is 13.2 Å². The zero-order chi connectivity index (χ0) is 11.6. The third-order valence-electron chi connectivity index (χ3n) is 1.83. The first-order valence-corrected chi connectivity index (χ1v) is 3.98. The number of phenols is 1. The molecule has 1 rings (SSSR count). The highest BCUT2D eigenvalue weighted by Gasteiger charge is 2.39. The normalized spacial score (nSPS) is 13.7. The number of hydrogen-bond donors (Lipinski definition) is 2. The van der Waals surface area contributed by atoms with Crippen LogP contribution in [0.1, 0.15) is 11.7 Å². The molecule has 0 aromatic heterocycles. The molecular formula is C9H9F3O3. The summed E-state index contributed by atoms with van der Waals surface area (Å²) in [6.45, 7) is 0. The quantitative estimate of drug-likeness (QED) is 0.804. The standard InChI is InChI=1S/C9H9F3O3/c1-15-7-4-5(2-3-6(7)13)8(14)9(10,11)12/h2-4,8,13-14H,1H3. The largest absolute Gasteiger partial charge is 0.504 e. The van der Waals surface area contributed by atoms with Gasteiger partial charge in [-0.25, -0.2) is 0 Å². The van der Waals surface area contributed by atoms with Gasteiger partial charge in [-0.15, -0.1) is 0 Å². The van der Waals surface area contributed by atoms with E-state index in [1.165, 1.54) is 7.11 Å². The lowest BCUT2D eigenvalue weighted by atomic mass is 10.1. The van der Waals surface area contributed by atoms with Gasteiger partial charge in [0.2, 0.25) is 0 Å². The maximum Gasteiger partial charge on any atom is 0.418 e. The van der Waals surface area contributed by atoms with Gasteiger partial charge in [0.05, 0.1) is 7.11 Å². The molecule has 6 heteroatoms. The average Bonchev–Trinajstić information content (AvgIpc) is 2.16. The van der Waals surface area contributed by atoms with Crippen LogP contribution in [-0.4, -0.2) is 23.5 Å². The molecule has 3 nitrogen and oxygen atoms in total. The molecule has 0 aliphatic rings. The molecule has 0 aliphatic heterocycles. The maximum absolute atomic E-state index is 12.1. The van der Waals surface area contributed by atoms with Crippen molar-refractivity contribution in [3.63, 3.8) is 0 Å². The van der Waals surface area contributed by atoms with Crippen LogP contribution in [0.3, 0.4) is 0 Å². The van der Waals surface area contributed by atoms with Gasteiger partial charge in [-0.3, -0.25) is 0 Å². The fourth-order valence-electron chi connectivity index (χ4n) is 1.05. The van der Waals surface area contributed by atoms with Gasteiger partial charge < -0.3 is 14.9 Å². The summed E-state index contributed by atoms with van der Waals surface area (Å²) in [4.78, 5) is 0. The number of hydrogen-bond acceptors (Lipinski definition) is 3. The molecule has 0 radical (unpaired) electrons. The minimum Gasteiger partial charge on any atom is -0.504 e. The second-order valence-corrected chi connectivity index (χ2v) is 2.88. The van der Waals surface area contributed by atoms with Crippen LogP contribution >= 0.6 is 0 Å². The predicted molar refractivity (Wildman–Crippen MR) is 45.7 cm³/mol. The van der Waals surface area contributed by atoms with Gasteiger partial charge in [0.25, 0.3) is 0 Å². The highest BCUT2D eigenvalue weighted by Crippen LogP contribution is 2.36. The lowest BCUT2D eigenvalue weighted by Crippen LogP contribution is -2.20. The van der Waals surface area contributed by atoms with E-state index in [0.717, 1.165) is 18.2 Å². The molecule has 0 bridgehead atoms. The van der Waals surface area contributed by atoms with Crippen molar-refractivity contribution in [3.05, 3.63) is 23.8 Å². The number of alkyl halides is 3. The Hall–Kier alpha value is -1.43. The smallest absolute Gasteiger partial charge is 0.418 e. The highest BCUT2D eigenvalue weighted by molar-refractivity contribution is 5.42. The number of aliphatic hydroxyl groups excluding tert-OH is 1. The van der Waals surface area contributed by atoms with Crippen LogP contribution in [0.25, 0.3) is 0 Å². The number of halogens is 3. The van der Waals surface area contributed by atoms with Gasteiger partial charge in [-0.1, -0.05) is 6.07 Å². The summed E-state index contributed by atoms with van der Waals surface area (Å²) >= 11 is 0. The monoisotopic (exact) mass is 222 g/mol. The molecule has 0 amide bonds. The van der Waals surface area contributed by atoms with Crippen LogP contribution in [0.2, 0.25) is 0 Å². The molecule has 0 saturated carbocycles. The zero-order valence-electron chi connectivity index (χ0n) is 7.75. The van der Waals surface area contributed by atoms with Crippen LogP contribution in [0.4, 0.5) is 13.2 Å². The Morgan fingerprint density at radius 3 is 2.40 bits per heavy atom. The Morgan fingerprint density at radius 1 is 1.33 bits per heavy atom. The van der Waals surface area contributed by atoms with Crippen LogP contribution in [-0.2, 0) is 0 Å². The lowest BCUT2D eigenvalue weighted by molar-refractivity contribution is -0.206. The van der Waals surface area contributed by atoms with Gasteiger partial charge in [0.1, 0.15) is 0 Å². The second-order valence-electron chi connectivity index (χ2n) is 2.88. The fraction of sp³-hybridized carbons (Fsp3) is 0.333. The van der Waals surface area contributed by atoms with Gasteiger partial charge in [0, 0.05) is 0 Å². The van der Waals surface area contributed by atoms with Gasteiger partial charge in [-0.05, 0) is 17.7 Å². The first-order chi connectivity index (χ1) is 6.86. The Morgan fingerprint density at radius 2 is 1.93 bits per heavy atom. The van der Waals surface area contributed by atoms with E-state index < -0.39 is 12.3 Å². The molecule has 0 fully saturated rings. The summed E-state index contributed by atoms with van der Waals surface area (Å²) in [7, 11) is 1.21. The van der Waals surface area contributed by atoms with Crippen molar-refractivity contribution in [2.24, 2.45) is 0 Å². The summed E-state index contributed by atoms with van der Waals surface area (Å²) in [6.07, 6.45) is -7.31. The third kappa shape index (κ3) is 2.53. The molecule has 15 heavy (non-hydrogen) atoms. The molecule has 0 saturated heterocycles. The topological polar surface area (TPSA) is 49.7 Å². The van der Waals surface area contributed by atoms with Crippen LogP contribution in [0, 0.1) is 0 Å². The Balaban J connectivity index is 3.06. The Labute approximate surface area is 83.7 Å². The van der Waals surface area contributed by atoms with E-state index in [9.17, 15) is 13.2 Å². The molecule has 1 atom stereocenters. The van der Waals surface area contributed by atoms with E-state index in [-0.39, 0.29) is 17.1 Å². The Bertz CT molecular complexity index is 349. The Kier molecular flexibility index (Phi) is 3.09. The summed E-state index contributed by atoms with van der Waals surface area (Å²) in [5, 5.41) is 18.0. The molecule has 1 unspecified atom stereocenters. The fourth-order valence-corrected chi connectivity index (χ4v) is 1.05. The zero-order valence-corrected chi connectivity index (χ0v) is 7.75. The molecule has 1 aromatic carbocycles. The van der Waals surface area contributed by atoms with Crippen molar-refractivity contribution in [1.82, 2.24) is 0 Å². The van der Waals surface area contributed by atoms with E-state index in [2.05, 4.69) is 4.74 Å². The molecule has 0 aliphatic carbocycles. The molecule has 2 N–H and O–H groups in total. The van der Waals surface area contributed by atoms with Crippen LogP contribution < -0.4 is 4.74 Å². The summed E-state index contributed by atoms with van der Waals surface area (Å²) in [5.74, 6) is -0.397. The van der Waals surface area contributed by atoms with E-state index in [4.69, 9.17) is 10.2 Å². The lowest BCUT2D eigenvalue weighted by Gasteiger charge is -2.15. The number of aromatic hydroxyl groups is 1. The van der Waals surface area contributed by atoms with E-state index in [1.54, 1.807) is 0 Å². The first kappa shape index (κ1) is 11.6. The van der Waals surface area contributed by atoms with Crippen molar-refractivity contribution in [1.29, 1.82) is 0 Å². The highest BCUT2D eigenvalue weighted by atomic mass is 19.4. The van der Waals surface area contributed by atoms with E-state index >= 15 is 0 Å². The maximum atomic E-state index is 12.1. The van der Waals surface area contributed by atoms with Crippen molar-refractivity contribution in [3.8, 4) is 11.5 Å². The molecule has 1 aromatic rings. The SMILES string of the molecule is COc1cc(C(O)C(F)(F)F)ccc1O. The van der Waals surface area contributed by atoms with Gasteiger partial charge >= 0.3 is 6.18 Å². The minimum atomic E-state index is -4.73. The van der Waals surface area contributed by atoms with Gasteiger partial charge in [0.15, 0.2) is 17.6 Å². The predicted octanol–water partition coefficient (Wildman–Crippen LogP) is 2.00.